The van der Waals surface area contributed by atoms with Crippen LogP contribution in [0.15, 0.2) is 370 Å². The quantitative estimate of drug-likeness (QED) is 0.0379. The fourth-order valence-corrected chi connectivity index (χ4v) is 18.9. The third-order valence-corrected chi connectivity index (χ3v) is 26.3. The second kappa shape index (κ2) is 42.0. The fourth-order valence-electron chi connectivity index (χ4n) is 18.9. The second-order valence-corrected chi connectivity index (χ2v) is 36.6. The topological polar surface area (TPSA) is 292 Å². The van der Waals surface area contributed by atoms with Gasteiger partial charge in [-0.3, -0.25) is 29.0 Å². The SMILES string of the molecule is Cc1cc(=O)oc2c1ccc1oc(C(=O)c3ccc(N(C)C)cc3)c(-c3ccccc3)c12.Cc1cc(=O)oc2c1ccc1oc(C(=O)c3ccc(OCCN(C)C)cc3)c(-c3ccccc3)c12.Cc1cc(=O)oc2c1ccc1oc(C(=O)c3ccc(OCCN4CCOCC4)cc3)c(-c3ccccc3)c12.Cc1cc(=O)oc2c1ccc1oc(C(=O)c3ccc(OCCN4Cc5ccccc5C4)cc3)c(-c3ccccc3)c12. The third-order valence-electron chi connectivity index (χ3n) is 26.3. The molecule has 1 saturated heterocycles. The standard InChI is InChI=1S/C35H27NO5.C31H27NO6.C29H25NO5.C27H21NO4/c1-22-19-30(37)41-34-28(22)15-16-29-32(34)31(23-7-3-2-4-8-23)35(40-29)33(38)24-11-13-27(14-12-24)39-18-17-36-20-25-9-5-6-10-26(25)21-36;1-20-19-26(33)38-30-24(20)11-12-25-28(30)27(21-5-3-2-4-6-21)31(37-25)29(34)22-7-9-23(10-8-22)36-18-15-32-13-16-35-17-14-32;1-18-17-24(31)35-28-22(18)13-14-23-26(28)25(19-7-5-4-6-8-19)29(34-23)27(32)20-9-11-21(12-10-20)33-16-15-30(2)3;1-16-15-22(29)32-26-20(16)13-14-21-24(26)23(17-7-5-4-6-8-17)27(31-21)25(30)18-9-11-19(12-10-18)28(2)3/h2-16,19H,17-18,20-21H2,1H3;2-12,19H,13-18H2,1H3;4-14,17H,15-16H2,1-3H3;4-15H,1-3H3. The number of benzene rings is 13. The number of likely N-dealkylation sites (N-methyl/N-ethyl adjacent to an activating group) is 1. The van der Waals surface area contributed by atoms with E-state index in [1.54, 1.807) is 72.8 Å². The normalized spacial score (nSPS) is 12.6. The Morgan fingerprint density at radius 1 is 0.301 bits per heavy atom. The van der Waals surface area contributed by atoms with Crippen LogP contribution in [-0.2, 0) is 17.8 Å². The Hall–Kier alpha value is -17.4. The van der Waals surface area contributed by atoms with Gasteiger partial charge >= 0.3 is 22.5 Å². The highest BCUT2D eigenvalue weighted by Gasteiger charge is 2.33. The van der Waals surface area contributed by atoms with Crippen LogP contribution in [-0.4, -0.2) is 132 Å². The molecule has 0 aliphatic carbocycles. The van der Waals surface area contributed by atoms with E-state index in [0.29, 0.717) is 148 Å². The Morgan fingerprint density at radius 3 is 0.849 bits per heavy atom. The summed E-state index contributed by atoms with van der Waals surface area (Å²) in [5.74, 6) is 1.91. The second-order valence-electron chi connectivity index (χ2n) is 36.6. The van der Waals surface area contributed by atoms with E-state index < -0.39 is 22.5 Å². The first kappa shape index (κ1) is 96.1. The Labute approximate surface area is 837 Å². The van der Waals surface area contributed by atoms with Gasteiger partial charge in [-0.1, -0.05) is 146 Å². The maximum absolute atomic E-state index is 13.9. The molecule has 0 saturated carbocycles. The molecule has 0 bridgehead atoms. The van der Waals surface area contributed by atoms with Crippen molar-refractivity contribution in [2.75, 3.05) is 98.8 Å². The summed E-state index contributed by atoms with van der Waals surface area (Å²) >= 11 is 0. The average molecular weight is 1940 g/mol. The molecule has 0 amide bonds. The molecule has 2 aliphatic rings. The lowest BCUT2D eigenvalue weighted by molar-refractivity contribution is 0.0322. The van der Waals surface area contributed by atoms with Crippen molar-refractivity contribution >= 4 is 117 Å². The van der Waals surface area contributed by atoms with Crippen molar-refractivity contribution in [3.05, 3.63) is 436 Å². The Kier molecular flexibility index (Phi) is 27.7. The lowest BCUT2D eigenvalue weighted by atomic mass is 9.96. The number of fused-ring (bicyclic) bond motifs is 13. The molecule has 24 heteroatoms. The number of nitrogens with zero attached hydrogens (tertiary/aromatic N) is 4. The van der Waals surface area contributed by atoms with Crippen LogP contribution in [0.3, 0.4) is 0 Å². The summed E-state index contributed by atoms with van der Waals surface area (Å²) in [5.41, 5.74) is 16.4. The zero-order chi connectivity index (χ0) is 101. The van der Waals surface area contributed by atoms with Crippen LogP contribution in [0, 0.1) is 27.7 Å². The fraction of sp³-hybridized carbons (Fsp3) is 0.164. The predicted octanol–water partition coefficient (Wildman–Crippen LogP) is 24.1. The molecule has 8 aromatic heterocycles. The molecule has 1 fully saturated rings. The van der Waals surface area contributed by atoms with Gasteiger partial charge < -0.3 is 64.1 Å². The minimum Gasteiger partial charge on any atom is -0.492 e. The summed E-state index contributed by atoms with van der Waals surface area (Å²) in [4.78, 5) is 113. The molecule has 10 heterocycles. The van der Waals surface area contributed by atoms with Gasteiger partial charge in [-0.2, -0.15) is 0 Å². The van der Waals surface area contributed by atoms with E-state index in [0.717, 1.165) is 131 Å². The van der Waals surface area contributed by atoms with Gasteiger partial charge in [-0.15, -0.1) is 0 Å². The maximum atomic E-state index is 13.9. The van der Waals surface area contributed by atoms with Gasteiger partial charge in [0.05, 0.1) is 34.8 Å². The highest BCUT2D eigenvalue weighted by Crippen LogP contribution is 2.47. The molecule has 0 atom stereocenters. The smallest absolute Gasteiger partial charge is 0.336 e. The minimum absolute atomic E-state index is 0.198. The number of hydrogen-bond acceptors (Lipinski definition) is 24. The number of ether oxygens (including phenoxy) is 4. The van der Waals surface area contributed by atoms with Crippen LogP contribution < -0.4 is 41.6 Å². The summed E-state index contributed by atoms with van der Waals surface area (Å²) in [6.07, 6.45) is 0. The first-order valence-electron chi connectivity index (χ1n) is 48.1. The molecule has 0 unspecified atom stereocenters. The van der Waals surface area contributed by atoms with Gasteiger partial charge in [0, 0.05) is 156 Å². The highest BCUT2D eigenvalue weighted by atomic mass is 16.5. The monoisotopic (exact) mass is 1940 g/mol. The number of carbonyl (C=O) groups excluding carboxylic acids is 4. The number of furan rings is 4. The summed E-state index contributed by atoms with van der Waals surface area (Å²) in [7, 11) is 7.87. The lowest BCUT2D eigenvalue weighted by Gasteiger charge is -2.26. The van der Waals surface area contributed by atoms with Crippen LogP contribution in [0.25, 0.3) is 132 Å². The van der Waals surface area contributed by atoms with E-state index in [-0.39, 0.29) is 46.2 Å². The van der Waals surface area contributed by atoms with Crippen molar-refractivity contribution in [1.82, 2.24) is 14.7 Å². The van der Waals surface area contributed by atoms with Gasteiger partial charge in [0.1, 0.15) is 81.7 Å². The molecule has 21 aromatic rings. The largest absolute Gasteiger partial charge is 0.492 e. The minimum atomic E-state index is -0.445. The third kappa shape index (κ3) is 20.0. The molecule has 146 heavy (non-hydrogen) atoms. The van der Waals surface area contributed by atoms with E-state index in [1.807, 2.05) is 260 Å². The van der Waals surface area contributed by atoms with Gasteiger partial charge in [-0.25, -0.2) is 19.2 Å². The molecule has 0 N–H and O–H groups in total. The van der Waals surface area contributed by atoms with Crippen LogP contribution in [0.2, 0.25) is 0 Å². The maximum Gasteiger partial charge on any atom is 0.336 e. The Balaban J connectivity index is 0.000000119. The number of hydrogen-bond donors (Lipinski definition) is 0. The number of rotatable bonds is 25. The molecule has 24 nitrogen and oxygen atoms in total. The van der Waals surface area contributed by atoms with E-state index in [1.165, 1.54) is 35.4 Å². The van der Waals surface area contributed by atoms with E-state index in [9.17, 15) is 38.4 Å². The van der Waals surface area contributed by atoms with Crippen molar-refractivity contribution in [3.63, 3.8) is 0 Å². The van der Waals surface area contributed by atoms with Crippen molar-refractivity contribution in [2.45, 2.75) is 40.8 Å². The molecule has 728 valence electrons. The number of anilines is 1. The van der Waals surface area contributed by atoms with Crippen LogP contribution in [0.5, 0.6) is 17.2 Å². The number of carbonyl (C=O) groups is 4. The Morgan fingerprint density at radius 2 is 0.568 bits per heavy atom. The number of aryl methyl sites for hydroxylation is 4. The number of ketones is 4. The van der Waals surface area contributed by atoms with E-state index >= 15 is 0 Å². The summed E-state index contributed by atoms with van der Waals surface area (Å²) < 4.78 is 70.2. The van der Waals surface area contributed by atoms with E-state index in [2.05, 4.69) is 34.1 Å². The molecular weight excluding hydrogens is 1840 g/mol. The zero-order valence-corrected chi connectivity index (χ0v) is 81.5. The van der Waals surface area contributed by atoms with Crippen LogP contribution in [0.4, 0.5) is 5.69 Å². The summed E-state index contributed by atoms with van der Waals surface area (Å²) in [6.45, 7) is 16.8. The van der Waals surface area contributed by atoms with E-state index in [4.69, 9.17) is 54.3 Å². The van der Waals surface area contributed by atoms with Crippen molar-refractivity contribution in [1.29, 1.82) is 0 Å². The van der Waals surface area contributed by atoms with Gasteiger partial charge in [0.25, 0.3) is 0 Å². The first-order chi connectivity index (χ1) is 71.0. The zero-order valence-electron chi connectivity index (χ0n) is 81.5. The lowest BCUT2D eigenvalue weighted by Crippen LogP contribution is -2.38. The van der Waals surface area contributed by atoms with Crippen molar-refractivity contribution < 1.29 is 73.5 Å². The summed E-state index contributed by atoms with van der Waals surface area (Å²) in [5, 5.41) is 5.67. The predicted molar refractivity (Wildman–Crippen MR) is 566 cm³/mol. The molecule has 0 spiro atoms. The Bertz CT molecular complexity index is 8750. The molecule has 23 rings (SSSR count). The molecule has 13 aromatic carbocycles. The van der Waals surface area contributed by atoms with Gasteiger partial charge in [-0.05, 0) is 243 Å². The van der Waals surface area contributed by atoms with Crippen LogP contribution in [0.1, 0.15) is 97.9 Å². The van der Waals surface area contributed by atoms with Gasteiger partial charge in [0.2, 0.25) is 23.1 Å². The molecule has 0 radical (unpaired) electrons. The molecular formula is C122H100N4O20. The molecule has 2 aliphatic heterocycles. The van der Waals surface area contributed by atoms with Crippen LogP contribution >= 0.6 is 0 Å². The van der Waals surface area contributed by atoms with Crippen molar-refractivity contribution in [2.24, 2.45) is 0 Å². The number of morpholine rings is 1. The average Bonchev–Trinajstić information content (AvgIpc) is 1.60. The van der Waals surface area contributed by atoms with Gasteiger partial charge in [0.15, 0.2) is 23.0 Å². The van der Waals surface area contributed by atoms with Crippen molar-refractivity contribution in [3.8, 4) is 61.8 Å². The first-order valence-corrected chi connectivity index (χ1v) is 48.1. The highest BCUT2D eigenvalue weighted by molar-refractivity contribution is 6.24. The summed E-state index contributed by atoms with van der Waals surface area (Å²) in [6, 6.07) is 95.9.